The highest BCUT2D eigenvalue weighted by Crippen LogP contribution is 2.46. The molecule has 0 spiro atoms. The molecule has 4 heteroatoms. The van der Waals surface area contributed by atoms with Crippen molar-refractivity contribution in [2.45, 2.75) is 0 Å². The van der Waals surface area contributed by atoms with Gasteiger partial charge in [-0.3, -0.25) is 0 Å². The summed E-state index contributed by atoms with van der Waals surface area (Å²) < 4.78 is 11.7. The average molecular weight is 617 g/mol. The summed E-state index contributed by atoms with van der Waals surface area (Å²) in [6, 6.07) is 51.4. The Hall–Kier alpha value is -6.15. The number of benzene rings is 7. The number of rotatable bonds is 3. The fraction of sp³-hybridized carbons (Fsp3) is 0. The Kier molecular flexibility index (Phi) is 5.51. The minimum absolute atomic E-state index is 0.515. The highest BCUT2D eigenvalue weighted by atomic mass is 32.1. The van der Waals surface area contributed by atoms with Gasteiger partial charge in [0.05, 0.1) is 23.3 Å². The van der Waals surface area contributed by atoms with Gasteiger partial charge in [0.1, 0.15) is 5.58 Å². The molecule has 0 fully saturated rings. The molecule has 7 aromatic carbocycles. The molecule has 3 aromatic heterocycles. The fourth-order valence-corrected chi connectivity index (χ4v) is 8.40. The molecule has 3 heterocycles. The minimum atomic E-state index is 0.515. The van der Waals surface area contributed by atoms with Crippen molar-refractivity contribution in [1.29, 1.82) is 0 Å². The lowest BCUT2D eigenvalue weighted by Gasteiger charge is -2.10. The van der Waals surface area contributed by atoms with Crippen molar-refractivity contribution in [3.63, 3.8) is 0 Å². The number of thiophene rings is 1. The number of hydrogen-bond donors (Lipinski definition) is 0. The highest BCUT2D eigenvalue weighted by Gasteiger charge is 2.22. The second-order valence-corrected chi connectivity index (χ2v) is 13.0. The van der Waals surface area contributed by atoms with Gasteiger partial charge in [-0.2, -0.15) is 0 Å². The van der Waals surface area contributed by atoms with E-state index in [1.54, 1.807) is 0 Å². The smallest absolute Gasteiger partial charge is 0.229 e. The van der Waals surface area contributed by atoms with Crippen LogP contribution in [0.1, 0.15) is 0 Å². The molecule has 0 saturated carbocycles. The van der Waals surface area contributed by atoms with E-state index in [1.165, 1.54) is 36.5 Å². The van der Waals surface area contributed by atoms with E-state index in [9.17, 15) is 0 Å². The van der Waals surface area contributed by atoms with Gasteiger partial charge < -0.3 is 8.98 Å². The maximum absolute atomic E-state index is 8.03. The standard InChI is InChI=1S/C43H24N2OS/c1-44-35-22-21-29(28-19-23-40-34(24-28)32-13-6-8-17-39(32)47-40)41-33-14-9-16-37(42(33)46-43(35)41)45-36-15-7-5-12-30(36)31-20-18-27(25-38(31)45)26-10-3-2-4-11-26/h2-25H. The Labute approximate surface area is 274 Å². The number of nitrogens with zero attached hydrogens (tertiary/aromatic N) is 2. The molecule has 0 aliphatic heterocycles. The van der Waals surface area contributed by atoms with Crippen LogP contribution in [0.3, 0.4) is 0 Å². The van der Waals surface area contributed by atoms with Gasteiger partial charge in [-0.15, -0.1) is 11.3 Å². The third-order valence-corrected chi connectivity index (χ3v) is 10.6. The highest BCUT2D eigenvalue weighted by molar-refractivity contribution is 7.25. The number of hydrogen-bond acceptors (Lipinski definition) is 2. The molecule has 10 rings (SSSR count). The topological polar surface area (TPSA) is 22.4 Å². The Morgan fingerprint density at radius 2 is 1.26 bits per heavy atom. The van der Waals surface area contributed by atoms with E-state index in [4.69, 9.17) is 11.0 Å². The Bertz CT molecular complexity index is 2920. The fourth-order valence-electron chi connectivity index (χ4n) is 7.31. The summed E-state index contributed by atoms with van der Waals surface area (Å²) >= 11 is 1.82. The van der Waals surface area contributed by atoms with Gasteiger partial charge in [0.15, 0.2) is 5.58 Å². The summed E-state index contributed by atoms with van der Waals surface area (Å²) in [5.41, 5.74) is 9.60. The second-order valence-electron chi connectivity index (χ2n) is 12.0. The van der Waals surface area contributed by atoms with Crippen LogP contribution in [-0.4, -0.2) is 4.57 Å². The van der Waals surface area contributed by atoms with Crippen LogP contribution >= 0.6 is 11.3 Å². The van der Waals surface area contributed by atoms with Crippen molar-refractivity contribution in [2.24, 2.45) is 0 Å². The monoisotopic (exact) mass is 616 g/mol. The van der Waals surface area contributed by atoms with Crippen LogP contribution in [0.15, 0.2) is 150 Å². The largest absolute Gasteiger partial charge is 0.465 e. The molecule has 0 radical (unpaired) electrons. The van der Waals surface area contributed by atoms with E-state index in [2.05, 4.69) is 143 Å². The molecule has 0 unspecified atom stereocenters. The summed E-state index contributed by atoms with van der Waals surface area (Å²) in [5, 5.41) is 6.86. The molecule has 47 heavy (non-hydrogen) atoms. The number of fused-ring (bicyclic) bond motifs is 9. The van der Waals surface area contributed by atoms with Gasteiger partial charge in [0, 0.05) is 41.7 Å². The van der Waals surface area contributed by atoms with Gasteiger partial charge in [-0.05, 0) is 58.7 Å². The first-order chi connectivity index (χ1) is 23.3. The lowest BCUT2D eigenvalue weighted by atomic mass is 9.97. The van der Waals surface area contributed by atoms with Gasteiger partial charge in [-0.1, -0.05) is 109 Å². The van der Waals surface area contributed by atoms with Crippen molar-refractivity contribution < 1.29 is 4.42 Å². The Morgan fingerprint density at radius 1 is 0.511 bits per heavy atom. The summed E-state index contributed by atoms with van der Waals surface area (Å²) in [4.78, 5) is 3.90. The van der Waals surface area contributed by atoms with Crippen LogP contribution in [0.5, 0.6) is 0 Å². The first-order valence-corrected chi connectivity index (χ1v) is 16.4. The lowest BCUT2D eigenvalue weighted by molar-refractivity contribution is 0.668. The molecule has 3 nitrogen and oxygen atoms in total. The van der Waals surface area contributed by atoms with E-state index in [1.807, 2.05) is 23.5 Å². The molecule has 0 atom stereocenters. The number of para-hydroxylation sites is 2. The van der Waals surface area contributed by atoms with E-state index in [-0.39, 0.29) is 0 Å². The van der Waals surface area contributed by atoms with E-state index >= 15 is 0 Å². The quantitative estimate of drug-likeness (QED) is 0.181. The maximum Gasteiger partial charge on any atom is 0.229 e. The van der Waals surface area contributed by atoms with Crippen molar-refractivity contribution in [3.05, 3.63) is 157 Å². The maximum atomic E-state index is 8.03. The predicted octanol–water partition coefficient (Wildman–Crippen LogP) is 12.9. The molecule has 10 aromatic rings. The second kappa shape index (κ2) is 9.92. The van der Waals surface area contributed by atoms with Crippen molar-refractivity contribution >= 4 is 80.9 Å². The van der Waals surface area contributed by atoms with E-state index in [0.29, 0.717) is 11.3 Å². The van der Waals surface area contributed by atoms with Crippen molar-refractivity contribution in [3.8, 4) is 27.9 Å². The molecule has 0 N–H and O–H groups in total. The lowest BCUT2D eigenvalue weighted by Crippen LogP contribution is -1.94. The van der Waals surface area contributed by atoms with E-state index < -0.39 is 0 Å². The third-order valence-electron chi connectivity index (χ3n) is 9.43. The zero-order chi connectivity index (χ0) is 31.1. The summed E-state index contributed by atoms with van der Waals surface area (Å²) in [6.45, 7) is 8.03. The van der Waals surface area contributed by atoms with Crippen LogP contribution < -0.4 is 0 Å². The Balaban J connectivity index is 1.28. The van der Waals surface area contributed by atoms with Crippen LogP contribution in [0.4, 0.5) is 5.69 Å². The van der Waals surface area contributed by atoms with Gasteiger partial charge in [-0.25, -0.2) is 4.85 Å². The normalized spacial score (nSPS) is 11.8. The van der Waals surface area contributed by atoms with Crippen molar-refractivity contribution in [2.75, 3.05) is 0 Å². The molecule has 0 aliphatic rings. The minimum Gasteiger partial charge on any atom is -0.465 e. The summed E-state index contributed by atoms with van der Waals surface area (Å²) in [7, 11) is 0. The molecular formula is C43H24N2OS. The molecule has 0 aliphatic carbocycles. The number of furan rings is 1. The first kappa shape index (κ1) is 26.1. The molecule has 0 bridgehead atoms. The van der Waals surface area contributed by atoms with E-state index in [0.717, 1.165) is 49.8 Å². The third kappa shape index (κ3) is 3.78. The van der Waals surface area contributed by atoms with Crippen LogP contribution in [0.25, 0.3) is 96.7 Å². The Morgan fingerprint density at radius 3 is 2.15 bits per heavy atom. The zero-order valence-corrected chi connectivity index (χ0v) is 25.9. The van der Waals surface area contributed by atoms with Gasteiger partial charge in [0.2, 0.25) is 5.69 Å². The zero-order valence-electron chi connectivity index (χ0n) is 25.1. The van der Waals surface area contributed by atoms with Crippen LogP contribution in [-0.2, 0) is 0 Å². The summed E-state index contributed by atoms with van der Waals surface area (Å²) in [5.74, 6) is 0. The number of aromatic nitrogens is 1. The molecular weight excluding hydrogens is 593 g/mol. The summed E-state index contributed by atoms with van der Waals surface area (Å²) in [6.07, 6.45) is 0. The first-order valence-electron chi connectivity index (χ1n) is 15.6. The van der Waals surface area contributed by atoms with Crippen molar-refractivity contribution in [1.82, 2.24) is 4.57 Å². The predicted molar refractivity (Wildman–Crippen MR) is 198 cm³/mol. The van der Waals surface area contributed by atoms with Gasteiger partial charge in [0.25, 0.3) is 0 Å². The SMILES string of the molecule is [C-]#[N+]c1ccc(-c2ccc3sc4ccccc4c3c2)c2c1oc1c(-n3c4ccccc4c4ccc(-c5ccccc5)cc43)cccc12. The van der Waals surface area contributed by atoms with Crippen LogP contribution in [0.2, 0.25) is 0 Å². The average Bonchev–Trinajstić information content (AvgIpc) is 3.81. The molecule has 0 saturated heterocycles. The van der Waals surface area contributed by atoms with Gasteiger partial charge >= 0.3 is 0 Å². The molecule has 218 valence electrons. The van der Waals surface area contributed by atoms with Crippen LogP contribution in [0, 0.1) is 6.57 Å². The molecule has 0 amide bonds.